The summed E-state index contributed by atoms with van der Waals surface area (Å²) in [6, 6.07) is 16.5. The van der Waals surface area contributed by atoms with Crippen LogP contribution < -0.4 is 5.43 Å². The summed E-state index contributed by atoms with van der Waals surface area (Å²) in [6.07, 6.45) is 1.66. The number of nitrogens with zero attached hydrogens (tertiary/aromatic N) is 5. The smallest absolute Gasteiger partial charge is 0.271 e. The van der Waals surface area contributed by atoms with Crippen molar-refractivity contribution in [2.75, 3.05) is 0 Å². The zero-order chi connectivity index (χ0) is 19.9. The number of rotatable bonds is 6. The quantitative estimate of drug-likeness (QED) is 0.396. The monoisotopic (exact) mass is 390 g/mol. The maximum atomic E-state index is 12.3. The molecule has 8 heteroatoms. The van der Waals surface area contributed by atoms with E-state index in [4.69, 9.17) is 5.26 Å². The van der Waals surface area contributed by atoms with Gasteiger partial charge in [-0.1, -0.05) is 36.0 Å². The first-order valence-electron chi connectivity index (χ1n) is 8.47. The lowest BCUT2D eigenvalue weighted by Crippen LogP contribution is -2.19. The number of hydrazone groups is 1. The molecule has 0 aliphatic rings. The molecule has 3 rings (SSSR count). The third-order valence-corrected chi connectivity index (χ3v) is 5.12. The van der Waals surface area contributed by atoms with Crippen LogP contribution in [0.3, 0.4) is 0 Å². The van der Waals surface area contributed by atoms with Gasteiger partial charge in [0.25, 0.3) is 5.91 Å². The van der Waals surface area contributed by atoms with Crippen molar-refractivity contribution in [2.24, 2.45) is 12.1 Å². The number of aromatic nitrogens is 3. The van der Waals surface area contributed by atoms with Gasteiger partial charge in [-0.3, -0.25) is 4.79 Å². The van der Waals surface area contributed by atoms with Gasteiger partial charge >= 0.3 is 0 Å². The van der Waals surface area contributed by atoms with E-state index in [1.54, 1.807) is 61.4 Å². The molecule has 0 saturated carbocycles. The van der Waals surface area contributed by atoms with Crippen LogP contribution in [0.1, 0.15) is 34.0 Å². The van der Waals surface area contributed by atoms with Gasteiger partial charge in [0.05, 0.1) is 17.3 Å². The first-order valence-corrected chi connectivity index (χ1v) is 9.46. The van der Waals surface area contributed by atoms with Crippen LogP contribution in [0.15, 0.2) is 65.1 Å². The highest BCUT2D eigenvalue weighted by Crippen LogP contribution is 2.20. The molecule has 0 unspecified atom stereocenters. The lowest BCUT2D eigenvalue weighted by Gasteiger charge is -2.05. The minimum absolute atomic E-state index is 0.277. The van der Waals surface area contributed by atoms with Crippen LogP contribution in [-0.2, 0) is 12.8 Å². The fourth-order valence-corrected chi connectivity index (χ4v) is 3.20. The average Bonchev–Trinajstić information content (AvgIpc) is 3.15. The number of carbonyl (C=O) groups excluding carboxylic acids is 1. The van der Waals surface area contributed by atoms with E-state index in [2.05, 4.69) is 26.8 Å². The van der Waals surface area contributed by atoms with Crippen molar-refractivity contribution in [3.63, 3.8) is 0 Å². The van der Waals surface area contributed by atoms with Crippen molar-refractivity contribution in [1.82, 2.24) is 20.2 Å². The number of amides is 1. The number of benzene rings is 2. The molecule has 0 aliphatic heterocycles. The predicted octanol–water partition coefficient (Wildman–Crippen LogP) is 3.13. The molecule has 0 bridgehead atoms. The molecule has 0 spiro atoms. The second-order valence-corrected chi connectivity index (χ2v) is 6.98. The second kappa shape index (κ2) is 8.97. The Labute approximate surface area is 167 Å². The zero-order valence-electron chi connectivity index (χ0n) is 15.5. The van der Waals surface area contributed by atoms with E-state index >= 15 is 0 Å². The molecule has 1 N–H and O–H groups in total. The minimum atomic E-state index is -0.277. The van der Waals surface area contributed by atoms with E-state index < -0.39 is 0 Å². The number of nitrogens with one attached hydrogen (secondary N) is 1. The van der Waals surface area contributed by atoms with Crippen LogP contribution in [0.2, 0.25) is 0 Å². The Bertz CT molecular complexity index is 1030. The van der Waals surface area contributed by atoms with Crippen molar-refractivity contribution in [1.29, 1.82) is 5.26 Å². The van der Waals surface area contributed by atoms with Crippen molar-refractivity contribution >= 4 is 23.4 Å². The summed E-state index contributed by atoms with van der Waals surface area (Å²) in [7, 11) is 1.90. The Morgan fingerprint density at radius 3 is 2.46 bits per heavy atom. The van der Waals surface area contributed by atoms with Gasteiger partial charge in [-0.15, -0.1) is 10.2 Å². The first-order chi connectivity index (χ1) is 13.6. The van der Waals surface area contributed by atoms with Crippen molar-refractivity contribution in [3.8, 4) is 6.07 Å². The SMILES string of the molecule is C/C(=N/NC(=O)c1ccc(CSc2nncn2C)cc1)c1ccc(C#N)cc1. The van der Waals surface area contributed by atoms with E-state index in [9.17, 15) is 4.79 Å². The Balaban J connectivity index is 1.58. The molecular weight excluding hydrogens is 372 g/mol. The van der Waals surface area contributed by atoms with Crippen LogP contribution in [0, 0.1) is 11.3 Å². The van der Waals surface area contributed by atoms with Crippen molar-refractivity contribution in [3.05, 3.63) is 77.1 Å². The molecule has 1 heterocycles. The van der Waals surface area contributed by atoms with E-state index in [1.807, 2.05) is 23.7 Å². The normalized spacial score (nSPS) is 11.1. The molecule has 7 nitrogen and oxygen atoms in total. The first kappa shape index (κ1) is 19.3. The van der Waals surface area contributed by atoms with Crippen molar-refractivity contribution < 1.29 is 4.79 Å². The fourth-order valence-electron chi connectivity index (χ4n) is 2.35. The van der Waals surface area contributed by atoms with Gasteiger partial charge in [-0.05, 0) is 42.3 Å². The Morgan fingerprint density at radius 2 is 1.86 bits per heavy atom. The summed E-state index contributed by atoms with van der Waals surface area (Å²) >= 11 is 1.58. The molecular formula is C20H18N6OS. The lowest BCUT2D eigenvalue weighted by molar-refractivity contribution is 0.0955. The number of hydrogen-bond donors (Lipinski definition) is 1. The van der Waals surface area contributed by atoms with E-state index in [-0.39, 0.29) is 5.91 Å². The van der Waals surface area contributed by atoms with Crippen LogP contribution in [0.5, 0.6) is 0 Å². The summed E-state index contributed by atoms with van der Waals surface area (Å²) in [5.41, 5.74) is 6.27. The standard InChI is InChI=1S/C20H18N6OS/c1-14(17-7-3-15(11-21)4-8-17)23-24-19(27)18-9-5-16(6-10-18)12-28-20-25-22-13-26(20)2/h3-10,13H,12H2,1-2H3,(H,24,27)/b23-14-. The highest BCUT2D eigenvalue weighted by molar-refractivity contribution is 7.98. The predicted molar refractivity (Wildman–Crippen MR) is 108 cm³/mol. The van der Waals surface area contributed by atoms with Gasteiger partial charge in [0.1, 0.15) is 6.33 Å². The van der Waals surface area contributed by atoms with Crippen LogP contribution in [0.4, 0.5) is 0 Å². The van der Waals surface area contributed by atoms with Gasteiger partial charge in [-0.2, -0.15) is 10.4 Å². The molecule has 140 valence electrons. The highest BCUT2D eigenvalue weighted by Gasteiger charge is 2.07. The zero-order valence-corrected chi connectivity index (χ0v) is 16.3. The molecule has 2 aromatic carbocycles. The maximum Gasteiger partial charge on any atom is 0.271 e. The second-order valence-electron chi connectivity index (χ2n) is 6.04. The largest absolute Gasteiger partial charge is 0.312 e. The summed E-state index contributed by atoms with van der Waals surface area (Å²) in [5, 5.41) is 21.7. The lowest BCUT2D eigenvalue weighted by atomic mass is 10.1. The highest BCUT2D eigenvalue weighted by atomic mass is 32.2. The third-order valence-electron chi connectivity index (χ3n) is 4.01. The van der Waals surface area contributed by atoms with Crippen LogP contribution in [0.25, 0.3) is 0 Å². The van der Waals surface area contributed by atoms with Gasteiger partial charge < -0.3 is 4.57 Å². The minimum Gasteiger partial charge on any atom is -0.312 e. The van der Waals surface area contributed by atoms with Gasteiger partial charge in [-0.25, -0.2) is 5.43 Å². The molecule has 1 aromatic heterocycles. The molecule has 0 atom stereocenters. The Kier molecular flexibility index (Phi) is 6.19. The van der Waals surface area contributed by atoms with E-state index in [0.29, 0.717) is 16.8 Å². The fraction of sp³-hybridized carbons (Fsp3) is 0.150. The molecule has 3 aromatic rings. The molecule has 0 saturated heterocycles. The summed E-state index contributed by atoms with van der Waals surface area (Å²) in [4.78, 5) is 12.3. The molecule has 1 amide bonds. The number of nitriles is 1. The number of thioether (sulfide) groups is 1. The third kappa shape index (κ3) is 4.84. The summed E-state index contributed by atoms with van der Waals surface area (Å²) in [6.45, 7) is 1.80. The van der Waals surface area contributed by atoms with Crippen LogP contribution in [-0.4, -0.2) is 26.4 Å². The maximum absolute atomic E-state index is 12.3. The Morgan fingerprint density at radius 1 is 1.18 bits per heavy atom. The summed E-state index contributed by atoms with van der Waals surface area (Å²) in [5.74, 6) is 0.463. The number of carbonyl (C=O) groups is 1. The molecule has 0 aliphatic carbocycles. The van der Waals surface area contributed by atoms with E-state index in [0.717, 1.165) is 22.0 Å². The van der Waals surface area contributed by atoms with Gasteiger partial charge in [0.2, 0.25) is 0 Å². The topological polar surface area (TPSA) is 96.0 Å². The number of hydrogen-bond acceptors (Lipinski definition) is 6. The van der Waals surface area contributed by atoms with E-state index in [1.165, 1.54) is 0 Å². The Hall–Kier alpha value is -3.44. The molecule has 0 radical (unpaired) electrons. The van der Waals surface area contributed by atoms with Crippen molar-refractivity contribution in [2.45, 2.75) is 17.8 Å². The molecule has 0 fully saturated rings. The number of aryl methyl sites for hydroxylation is 1. The van der Waals surface area contributed by atoms with Crippen LogP contribution >= 0.6 is 11.8 Å². The summed E-state index contributed by atoms with van der Waals surface area (Å²) < 4.78 is 1.86. The average molecular weight is 390 g/mol. The molecule has 28 heavy (non-hydrogen) atoms. The van der Waals surface area contributed by atoms with Gasteiger partial charge in [0.15, 0.2) is 5.16 Å². The van der Waals surface area contributed by atoms with Gasteiger partial charge in [0, 0.05) is 18.4 Å².